The van der Waals surface area contributed by atoms with Crippen molar-refractivity contribution >= 4 is 0 Å². The summed E-state index contributed by atoms with van der Waals surface area (Å²) in [5.74, 6) is -0.146. The minimum atomic E-state index is -2.92. The third kappa shape index (κ3) is 3.79. The molecular formula is C10H12F2NO2. The molecule has 1 aromatic heterocycles. The first-order valence-electron chi connectivity index (χ1n) is 4.41. The molecule has 1 N–H and O–H groups in total. The number of aliphatic hydroxyl groups excluding tert-OH is 1. The van der Waals surface area contributed by atoms with Crippen LogP contribution in [0.4, 0.5) is 8.78 Å². The van der Waals surface area contributed by atoms with Gasteiger partial charge in [0, 0.05) is 17.7 Å². The standard InChI is InChI=1S/C10H12F2NO2/c1-6-3-4-8(5-7(2)14)9(13-6)15-10(11)12/h3-4,7,10,14H,2,5H2,1H3/t7-/m0/s1. The van der Waals surface area contributed by atoms with Crippen LogP contribution in [-0.4, -0.2) is 22.8 Å². The molecule has 0 aromatic carbocycles. The van der Waals surface area contributed by atoms with Crippen molar-refractivity contribution in [3.8, 4) is 5.88 Å². The molecular weight excluding hydrogens is 204 g/mol. The molecule has 0 saturated carbocycles. The number of rotatable bonds is 4. The van der Waals surface area contributed by atoms with Gasteiger partial charge < -0.3 is 9.84 Å². The maximum atomic E-state index is 12.0. The lowest BCUT2D eigenvalue weighted by molar-refractivity contribution is -0.0537. The molecule has 5 heteroatoms. The summed E-state index contributed by atoms with van der Waals surface area (Å²) in [6.45, 7) is 2.11. The Morgan fingerprint density at radius 3 is 2.73 bits per heavy atom. The number of halogens is 2. The lowest BCUT2D eigenvalue weighted by atomic mass is 10.1. The van der Waals surface area contributed by atoms with E-state index in [1.165, 1.54) is 0 Å². The number of aryl methyl sites for hydroxylation is 1. The van der Waals surface area contributed by atoms with Crippen LogP contribution < -0.4 is 4.74 Å². The third-order valence-electron chi connectivity index (χ3n) is 1.73. The van der Waals surface area contributed by atoms with Crippen molar-refractivity contribution in [3.63, 3.8) is 0 Å². The van der Waals surface area contributed by atoms with E-state index in [1.54, 1.807) is 19.1 Å². The first-order valence-corrected chi connectivity index (χ1v) is 4.41. The zero-order valence-corrected chi connectivity index (χ0v) is 8.28. The molecule has 0 fully saturated rings. The lowest BCUT2D eigenvalue weighted by Gasteiger charge is -2.11. The largest absolute Gasteiger partial charge is 0.417 e. The van der Waals surface area contributed by atoms with Crippen LogP contribution in [0.1, 0.15) is 11.3 Å². The van der Waals surface area contributed by atoms with Gasteiger partial charge in [0.2, 0.25) is 5.88 Å². The van der Waals surface area contributed by atoms with Crippen molar-refractivity contribution in [2.75, 3.05) is 0 Å². The van der Waals surface area contributed by atoms with Crippen molar-refractivity contribution in [3.05, 3.63) is 30.3 Å². The quantitative estimate of drug-likeness (QED) is 0.833. The number of hydrogen-bond donors (Lipinski definition) is 1. The Labute approximate surface area is 86.7 Å². The van der Waals surface area contributed by atoms with E-state index in [0.29, 0.717) is 11.3 Å². The predicted molar refractivity (Wildman–Crippen MR) is 50.7 cm³/mol. The van der Waals surface area contributed by atoms with Gasteiger partial charge in [0.05, 0.1) is 6.10 Å². The SMILES string of the molecule is [CH2][C@H](O)Cc1ccc(C)nc1OC(F)F. The smallest absolute Gasteiger partial charge is 0.388 e. The lowest BCUT2D eigenvalue weighted by Crippen LogP contribution is -2.11. The van der Waals surface area contributed by atoms with Gasteiger partial charge in [-0.2, -0.15) is 8.78 Å². The van der Waals surface area contributed by atoms with Gasteiger partial charge in [0.1, 0.15) is 0 Å². The monoisotopic (exact) mass is 216 g/mol. The normalized spacial score (nSPS) is 12.9. The first-order chi connectivity index (χ1) is 6.99. The Bertz CT molecular complexity index is 329. The average Bonchev–Trinajstić information content (AvgIpc) is 2.08. The molecule has 1 rings (SSSR count). The zero-order chi connectivity index (χ0) is 11.4. The van der Waals surface area contributed by atoms with E-state index in [-0.39, 0.29) is 12.3 Å². The van der Waals surface area contributed by atoms with E-state index in [2.05, 4.69) is 16.6 Å². The highest BCUT2D eigenvalue weighted by Crippen LogP contribution is 2.19. The van der Waals surface area contributed by atoms with Gasteiger partial charge >= 0.3 is 6.61 Å². The maximum absolute atomic E-state index is 12.0. The Hall–Kier alpha value is -1.23. The van der Waals surface area contributed by atoms with Crippen molar-refractivity contribution in [2.45, 2.75) is 26.1 Å². The predicted octanol–water partition coefficient (Wildman–Crippen LogP) is 1.73. The van der Waals surface area contributed by atoms with Gasteiger partial charge in [-0.25, -0.2) is 4.98 Å². The molecule has 0 aliphatic carbocycles. The van der Waals surface area contributed by atoms with Crippen molar-refractivity contribution in [1.82, 2.24) is 4.98 Å². The molecule has 0 aliphatic heterocycles. The summed E-state index contributed by atoms with van der Waals surface area (Å²) in [6, 6.07) is 3.25. The fourth-order valence-electron chi connectivity index (χ4n) is 1.16. The van der Waals surface area contributed by atoms with Gasteiger partial charge in [-0.15, -0.1) is 0 Å². The topological polar surface area (TPSA) is 42.4 Å². The number of nitrogens with zero attached hydrogens (tertiary/aromatic N) is 1. The number of ether oxygens (including phenoxy) is 1. The van der Waals surface area contributed by atoms with Crippen LogP contribution in [0.25, 0.3) is 0 Å². The van der Waals surface area contributed by atoms with E-state index in [1.807, 2.05) is 0 Å². The highest BCUT2D eigenvalue weighted by molar-refractivity contribution is 5.28. The second kappa shape index (κ2) is 5.02. The minimum Gasteiger partial charge on any atom is -0.417 e. The summed E-state index contributed by atoms with van der Waals surface area (Å²) in [7, 11) is 0. The maximum Gasteiger partial charge on any atom is 0.388 e. The Morgan fingerprint density at radius 2 is 2.20 bits per heavy atom. The molecule has 15 heavy (non-hydrogen) atoms. The fraction of sp³-hybridized carbons (Fsp3) is 0.400. The highest BCUT2D eigenvalue weighted by Gasteiger charge is 2.12. The van der Waals surface area contributed by atoms with Crippen molar-refractivity contribution in [1.29, 1.82) is 0 Å². The molecule has 0 bridgehead atoms. The molecule has 0 aliphatic rings. The molecule has 3 nitrogen and oxygen atoms in total. The molecule has 0 amide bonds. The van der Waals surface area contributed by atoms with Crippen LogP contribution in [-0.2, 0) is 6.42 Å². The van der Waals surface area contributed by atoms with Gasteiger partial charge in [-0.05, 0) is 19.9 Å². The number of alkyl halides is 2. The van der Waals surface area contributed by atoms with Crippen LogP contribution in [0.5, 0.6) is 5.88 Å². The number of aromatic nitrogens is 1. The zero-order valence-electron chi connectivity index (χ0n) is 8.28. The summed E-state index contributed by atoms with van der Waals surface area (Å²) in [5.41, 5.74) is 0.997. The molecule has 83 valence electrons. The minimum absolute atomic E-state index is 0.134. The Balaban J connectivity index is 2.92. The first kappa shape index (κ1) is 11.8. The number of hydrogen-bond acceptors (Lipinski definition) is 3. The van der Waals surface area contributed by atoms with Gasteiger partial charge in [-0.1, -0.05) is 6.07 Å². The summed E-state index contributed by atoms with van der Waals surface area (Å²) >= 11 is 0. The van der Waals surface area contributed by atoms with Crippen molar-refractivity contribution < 1.29 is 18.6 Å². The van der Waals surface area contributed by atoms with E-state index < -0.39 is 12.7 Å². The summed E-state index contributed by atoms with van der Waals surface area (Å²) in [6.07, 6.45) is -0.732. The molecule has 0 spiro atoms. The van der Waals surface area contributed by atoms with Crippen LogP contribution in [0, 0.1) is 13.8 Å². The second-order valence-corrected chi connectivity index (χ2v) is 3.15. The summed E-state index contributed by atoms with van der Waals surface area (Å²) < 4.78 is 28.3. The third-order valence-corrected chi connectivity index (χ3v) is 1.73. The molecule has 1 radical (unpaired) electrons. The number of pyridine rings is 1. The molecule has 0 unspecified atom stereocenters. The van der Waals surface area contributed by atoms with Gasteiger partial charge in [0.25, 0.3) is 0 Å². The van der Waals surface area contributed by atoms with E-state index in [4.69, 9.17) is 5.11 Å². The average molecular weight is 216 g/mol. The number of aliphatic hydroxyl groups is 1. The summed E-state index contributed by atoms with van der Waals surface area (Å²) in [4.78, 5) is 3.83. The van der Waals surface area contributed by atoms with Gasteiger partial charge in [-0.3, -0.25) is 0 Å². The molecule has 1 aromatic rings. The van der Waals surface area contributed by atoms with E-state index in [0.717, 1.165) is 0 Å². The van der Waals surface area contributed by atoms with E-state index >= 15 is 0 Å². The van der Waals surface area contributed by atoms with Crippen LogP contribution in [0.3, 0.4) is 0 Å². The molecule has 0 saturated heterocycles. The second-order valence-electron chi connectivity index (χ2n) is 3.15. The van der Waals surface area contributed by atoms with Crippen LogP contribution in [0.15, 0.2) is 12.1 Å². The van der Waals surface area contributed by atoms with E-state index in [9.17, 15) is 8.78 Å². The fourth-order valence-corrected chi connectivity index (χ4v) is 1.16. The highest BCUT2D eigenvalue weighted by atomic mass is 19.3. The Morgan fingerprint density at radius 1 is 1.53 bits per heavy atom. The molecule has 1 heterocycles. The summed E-state index contributed by atoms with van der Waals surface area (Å²) in [5, 5.41) is 9.05. The van der Waals surface area contributed by atoms with Gasteiger partial charge in [0.15, 0.2) is 0 Å². The van der Waals surface area contributed by atoms with Crippen molar-refractivity contribution in [2.24, 2.45) is 0 Å². The van der Waals surface area contributed by atoms with Crippen LogP contribution >= 0.6 is 0 Å². The van der Waals surface area contributed by atoms with Crippen LogP contribution in [0.2, 0.25) is 0 Å². The molecule has 1 atom stereocenters. The Kier molecular flexibility index (Phi) is 3.96.